The molecular formula is C60H74N12O6S. The van der Waals surface area contributed by atoms with Gasteiger partial charge in [0.1, 0.15) is 23.8 Å². The summed E-state index contributed by atoms with van der Waals surface area (Å²) in [4.78, 5) is 50.0. The number of aliphatic hydroxyl groups excluding tert-OH is 1. The van der Waals surface area contributed by atoms with Crippen molar-refractivity contribution in [2.45, 2.75) is 128 Å². The molecule has 416 valence electrons. The fourth-order valence-electron chi connectivity index (χ4n) is 13.8. The highest BCUT2D eigenvalue weighted by atomic mass is 32.1. The average molecular weight is 1090 g/mol. The summed E-state index contributed by atoms with van der Waals surface area (Å²) in [5.41, 5.74) is 14.8. The average Bonchev–Trinajstić information content (AvgIpc) is 4.43. The molecule has 9 heterocycles. The number of piperidine rings is 2. The first-order valence-corrected chi connectivity index (χ1v) is 29.4. The molecule has 5 saturated heterocycles. The zero-order valence-corrected chi connectivity index (χ0v) is 46.6. The number of carbonyl (C=O) groups excluding carboxylic acids is 2. The zero-order valence-electron chi connectivity index (χ0n) is 45.8. The molecule has 2 aromatic carbocycles. The first-order valence-electron chi connectivity index (χ1n) is 28.6. The van der Waals surface area contributed by atoms with Crippen LogP contribution in [0.25, 0.3) is 21.7 Å². The summed E-state index contributed by atoms with van der Waals surface area (Å²) in [7, 11) is 0. The minimum Gasteiger partial charge on any atom is -0.507 e. The predicted molar refractivity (Wildman–Crippen MR) is 305 cm³/mol. The molecule has 79 heavy (non-hydrogen) atoms. The van der Waals surface area contributed by atoms with Crippen LogP contribution in [0, 0.1) is 24.2 Å². The van der Waals surface area contributed by atoms with E-state index in [0.717, 1.165) is 123 Å². The van der Waals surface area contributed by atoms with Gasteiger partial charge in [0.25, 0.3) is 0 Å². The third kappa shape index (κ3) is 10.8. The molecule has 6 aromatic rings. The number of piperazine rings is 1. The minimum atomic E-state index is -0.804. The number of fused-ring (bicyclic) bond motifs is 2. The number of aromatic hydroxyl groups is 1. The van der Waals surface area contributed by atoms with Gasteiger partial charge in [0.05, 0.1) is 39.6 Å². The molecule has 5 aliphatic heterocycles. The van der Waals surface area contributed by atoms with E-state index < -0.39 is 18.1 Å². The van der Waals surface area contributed by atoms with Crippen LogP contribution in [0.4, 0.5) is 23.0 Å². The van der Waals surface area contributed by atoms with Crippen molar-refractivity contribution in [3.05, 3.63) is 102 Å². The van der Waals surface area contributed by atoms with Crippen molar-refractivity contribution >= 4 is 46.2 Å². The van der Waals surface area contributed by atoms with Crippen LogP contribution in [0.2, 0.25) is 0 Å². The number of phenolic OH excluding ortho intramolecular Hbond substituents is 1. The van der Waals surface area contributed by atoms with E-state index >= 15 is 0 Å². The number of ether oxygens (including phenoxy) is 1. The second-order valence-electron chi connectivity index (χ2n) is 23.8. The zero-order chi connectivity index (χ0) is 54.5. The lowest BCUT2D eigenvalue weighted by molar-refractivity contribution is -0.141. The number of anilines is 4. The Morgan fingerprint density at radius 3 is 2.42 bits per heavy atom. The number of aryl methyl sites for hydroxylation is 1. The number of amides is 2. The van der Waals surface area contributed by atoms with E-state index in [1.807, 2.05) is 87.9 Å². The number of hydrogen-bond acceptors (Lipinski definition) is 17. The highest BCUT2D eigenvalue weighted by Crippen LogP contribution is 2.44. The topological polar surface area (TPSA) is 216 Å². The van der Waals surface area contributed by atoms with Gasteiger partial charge in [-0.3, -0.25) is 9.59 Å². The molecule has 2 amide bonds. The minimum absolute atomic E-state index is 0.0852. The van der Waals surface area contributed by atoms with Crippen LogP contribution < -0.4 is 30.5 Å². The molecule has 1 aliphatic carbocycles. The van der Waals surface area contributed by atoms with Crippen molar-refractivity contribution in [1.29, 1.82) is 0 Å². The van der Waals surface area contributed by atoms with Crippen molar-refractivity contribution in [3.63, 3.8) is 0 Å². The molecule has 18 nitrogen and oxygen atoms in total. The van der Waals surface area contributed by atoms with Crippen LogP contribution >= 0.6 is 11.3 Å². The van der Waals surface area contributed by atoms with E-state index in [4.69, 9.17) is 15.0 Å². The SMILES string of the molecule is Cc1ncsc1-c1ccc([C@H](C)NC(=O)[C@@H]2C[C@@H](O)CN2C(=O)[C@H](c2cc(N3CCC4(CCCN(CC5CC(Oc6cc(N7C8CCC7CN(c7cc(-c9ccccc9O)nnc7N)C8)ccn6)C5)C4)CC3)no2)C(C)C)cc1. The summed E-state index contributed by atoms with van der Waals surface area (Å²) in [5.74, 6) is 1.79. The third-order valence-electron chi connectivity index (χ3n) is 18.1. The molecule has 5 N–H and O–H groups in total. The molecule has 4 aromatic heterocycles. The van der Waals surface area contributed by atoms with E-state index in [2.05, 4.69) is 62.4 Å². The van der Waals surface area contributed by atoms with E-state index in [-0.39, 0.29) is 54.0 Å². The number of likely N-dealkylation sites (tertiary alicyclic amines) is 2. The van der Waals surface area contributed by atoms with E-state index in [9.17, 15) is 19.8 Å². The van der Waals surface area contributed by atoms with Gasteiger partial charge in [0.2, 0.25) is 17.7 Å². The Morgan fingerprint density at radius 1 is 0.911 bits per heavy atom. The number of nitrogens with one attached hydrogen (secondary N) is 1. The van der Waals surface area contributed by atoms with Gasteiger partial charge in [0, 0.05) is 93.9 Å². The van der Waals surface area contributed by atoms with E-state index in [0.29, 0.717) is 46.7 Å². The summed E-state index contributed by atoms with van der Waals surface area (Å²) < 4.78 is 12.6. The summed E-state index contributed by atoms with van der Waals surface area (Å²) >= 11 is 1.60. The van der Waals surface area contributed by atoms with Crippen LogP contribution in [-0.2, 0) is 9.59 Å². The fraction of sp³-hybridized carbons (Fsp3) is 0.517. The Morgan fingerprint density at radius 2 is 1.68 bits per heavy atom. The molecule has 1 saturated carbocycles. The largest absolute Gasteiger partial charge is 0.507 e. The molecular weight excluding hydrogens is 1020 g/mol. The molecule has 2 unspecified atom stereocenters. The lowest BCUT2D eigenvalue weighted by Gasteiger charge is -2.49. The maximum Gasteiger partial charge on any atom is 0.243 e. The van der Waals surface area contributed by atoms with Crippen molar-refractivity contribution in [2.24, 2.45) is 17.3 Å². The number of benzene rings is 2. The quantitative estimate of drug-likeness (QED) is 0.0762. The van der Waals surface area contributed by atoms with Gasteiger partial charge in [-0.1, -0.05) is 55.4 Å². The number of carbonyl (C=O) groups is 2. The number of rotatable bonds is 15. The number of aliphatic hydroxyl groups is 1. The number of nitrogen functional groups attached to an aromatic ring is 1. The summed E-state index contributed by atoms with van der Waals surface area (Å²) in [6.45, 7) is 14.7. The Hall–Kier alpha value is -6.83. The second-order valence-corrected chi connectivity index (χ2v) is 24.6. The molecule has 0 radical (unpaired) electrons. The van der Waals surface area contributed by atoms with Gasteiger partial charge in [-0.2, -0.15) is 0 Å². The highest BCUT2D eigenvalue weighted by Gasteiger charge is 2.46. The van der Waals surface area contributed by atoms with Gasteiger partial charge in [0.15, 0.2) is 17.4 Å². The van der Waals surface area contributed by atoms with Gasteiger partial charge >= 0.3 is 0 Å². The number of hydrogen-bond donors (Lipinski definition) is 4. The molecule has 19 heteroatoms. The Kier molecular flexibility index (Phi) is 14.7. The molecule has 6 aliphatic rings. The lowest BCUT2D eigenvalue weighted by Crippen LogP contribution is -2.54. The van der Waals surface area contributed by atoms with Crippen molar-refractivity contribution in [2.75, 3.05) is 72.8 Å². The molecule has 1 spiro atoms. The Bertz CT molecular complexity index is 3120. The highest BCUT2D eigenvalue weighted by molar-refractivity contribution is 7.13. The number of phenols is 1. The lowest BCUT2D eigenvalue weighted by atomic mass is 9.72. The standard InChI is InChI=1S/C60H74N12O6S/c1-36(2)55(59(76)71-33-45(73)27-50(71)58(75)64-37(3)40-10-12-41(13-11-40)56-38(4)63-35-79-56)52-29-53(67-78-52)69-22-18-60(19-23-69)17-7-21-68(34-60)30-39-24-46(25-39)77-54-26-42(16-20-62-54)72-43-14-15-44(72)32-70(31-43)49-28-48(65-66-57(49)61)47-8-5-6-9-51(47)74/h5-6,8-13,16,20,26,28-29,35-37,39,43-46,50,55,73-74H,7,14-15,17-19,21-25,27,30-34H2,1-4H3,(H2,61,66)(H,64,75)/t37-,39?,43?,44?,45+,46?,50-,55-/m0/s1. The second kappa shape index (κ2) is 22.0. The maximum absolute atomic E-state index is 14.5. The molecule has 2 bridgehead atoms. The smallest absolute Gasteiger partial charge is 0.243 e. The number of aromatic nitrogens is 5. The van der Waals surface area contributed by atoms with Gasteiger partial charge in [-0.25, -0.2) is 9.97 Å². The van der Waals surface area contributed by atoms with Crippen LogP contribution in [0.15, 0.2) is 89.0 Å². The van der Waals surface area contributed by atoms with Gasteiger partial charge in [-0.15, -0.1) is 21.5 Å². The summed E-state index contributed by atoms with van der Waals surface area (Å²) in [5, 5.41) is 37.6. The molecule has 6 fully saturated rings. The number of β-amino-alcohol motifs (C(OH)–C–C–N with tert-alkyl or cyclic N) is 1. The van der Waals surface area contributed by atoms with Crippen molar-refractivity contribution < 1.29 is 29.1 Å². The first-order chi connectivity index (χ1) is 38.2. The number of nitrogens with zero attached hydrogens (tertiary/aromatic N) is 10. The Balaban J connectivity index is 0.608. The number of thiazole rings is 1. The van der Waals surface area contributed by atoms with Crippen LogP contribution in [0.1, 0.15) is 108 Å². The van der Waals surface area contributed by atoms with Crippen molar-refractivity contribution in [1.82, 2.24) is 40.4 Å². The summed E-state index contributed by atoms with van der Waals surface area (Å²) in [6.07, 6.45) is 10.2. The van der Waals surface area contributed by atoms with Crippen LogP contribution in [-0.4, -0.2) is 140 Å². The number of nitrogens with two attached hydrogens (primary N) is 1. The van der Waals surface area contributed by atoms with Crippen LogP contribution in [0.5, 0.6) is 11.6 Å². The monoisotopic (exact) mass is 1090 g/mol. The maximum atomic E-state index is 14.5. The summed E-state index contributed by atoms with van der Waals surface area (Å²) in [6, 6.07) is 22.9. The fourth-order valence-corrected chi connectivity index (χ4v) is 14.7. The van der Waals surface area contributed by atoms with E-state index in [1.54, 1.807) is 28.4 Å². The number of para-hydroxylation sites is 1. The number of pyridine rings is 1. The van der Waals surface area contributed by atoms with Gasteiger partial charge < -0.3 is 55.0 Å². The van der Waals surface area contributed by atoms with Gasteiger partial charge in [-0.05, 0) is 124 Å². The predicted octanol–water partition coefficient (Wildman–Crippen LogP) is 8.22. The normalized spacial score (nSPS) is 24.7. The molecule has 12 rings (SSSR count). The third-order valence-corrected chi connectivity index (χ3v) is 19.1. The van der Waals surface area contributed by atoms with Crippen molar-refractivity contribution in [3.8, 4) is 33.3 Å². The van der Waals surface area contributed by atoms with E-state index in [1.165, 1.54) is 12.8 Å². The molecule has 6 atom stereocenters. The van der Waals surface area contributed by atoms with Crippen LogP contribution in [0.3, 0.4) is 0 Å². The Labute approximate surface area is 466 Å². The first kappa shape index (κ1) is 52.8.